The number of ether oxygens (including phenoxy) is 2. The van der Waals surface area contributed by atoms with Gasteiger partial charge in [-0.2, -0.15) is 0 Å². The average Bonchev–Trinajstić information content (AvgIpc) is 3.36. The van der Waals surface area contributed by atoms with Crippen LogP contribution in [0.25, 0.3) is 0 Å². The van der Waals surface area contributed by atoms with E-state index in [0.29, 0.717) is 37.4 Å². The molecule has 1 aliphatic heterocycles. The Morgan fingerprint density at radius 2 is 1.97 bits per heavy atom. The zero-order valence-corrected chi connectivity index (χ0v) is 20.5. The maximum atomic E-state index is 13.6. The average molecular weight is 497 g/mol. The molecule has 1 aliphatic rings. The van der Waals surface area contributed by atoms with Crippen LogP contribution < -0.4 is 4.74 Å². The van der Waals surface area contributed by atoms with Crippen LogP contribution in [0.15, 0.2) is 66.0 Å². The molecule has 0 bridgehead atoms. The summed E-state index contributed by atoms with van der Waals surface area (Å²) in [6, 6.07) is 16.7. The topological polar surface area (TPSA) is 59.1 Å². The lowest BCUT2D eigenvalue weighted by Crippen LogP contribution is -2.48. The highest BCUT2D eigenvalue weighted by molar-refractivity contribution is 7.10. The molecule has 8 heteroatoms. The molecule has 184 valence electrons. The summed E-state index contributed by atoms with van der Waals surface area (Å²) < 4.78 is 24.7. The van der Waals surface area contributed by atoms with Gasteiger partial charge < -0.3 is 19.3 Å². The van der Waals surface area contributed by atoms with E-state index in [1.807, 2.05) is 29.6 Å². The van der Waals surface area contributed by atoms with Gasteiger partial charge in [0.2, 0.25) is 5.91 Å². The highest BCUT2D eigenvalue weighted by Gasteiger charge is 2.33. The zero-order valence-electron chi connectivity index (χ0n) is 19.7. The minimum Gasteiger partial charge on any atom is -0.491 e. The van der Waals surface area contributed by atoms with Crippen molar-refractivity contribution >= 4 is 23.2 Å². The van der Waals surface area contributed by atoms with Crippen molar-refractivity contribution in [2.45, 2.75) is 18.9 Å². The number of methoxy groups -OCH3 is 1. The van der Waals surface area contributed by atoms with Crippen molar-refractivity contribution in [3.8, 4) is 5.75 Å². The number of halogens is 1. The number of carbonyl (C=O) groups excluding carboxylic acids is 2. The van der Waals surface area contributed by atoms with Gasteiger partial charge in [0.1, 0.15) is 24.7 Å². The van der Waals surface area contributed by atoms with Crippen molar-refractivity contribution in [1.82, 2.24) is 9.80 Å². The fraction of sp³-hybridized carbons (Fsp3) is 0.333. The summed E-state index contributed by atoms with van der Waals surface area (Å²) in [5, 5.41) is 2.02. The Kier molecular flexibility index (Phi) is 8.50. The second-order valence-corrected chi connectivity index (χ2v) is 9.36. The van der Waals surface area contributed by atoms with Crippen LogP contribution in [0, 0.1) is 5.82 Å². The summed E-state index contributed by atoms with van der Waals surface area (Å²) in [5.74, 6) is -0.283. The molecule has 4 rings (SSSR count). The van der Waals surface area contributed by atoms with Gasteiger partial charge >= 0.3 is 0 Å². The van der Waals surface area contributed by atoms with Crippen molar-refractivity contribution in [1.29, 1.82) is 0 Å². The van der Waals surface area contributed by atoms with E-state index in [4.69, 9.17) is 9.47 Å². The van der Waals surface area contributed by atoms with Crippen molar-refractivity contribution in [2.24, 2.45) is 0 Å². The molecule has 2 amide bonds. The highest BCUT2D eigenvalue weighted by Crippen LogP contribution is 2.34. The van der Waals surface area contributed by atoms with E-state index in [9.17, 15) is 14.0 Å². The first kappa shape index (κ1) is 24.9. The molecule has 0 spiro atoms. The number of hydrogen-bond acceptors (Lipinski definition) is 5. The fourth-order valence-electron chi connectivity index (χ4n) is 4.28. The van der Waals surface area contributed by atoms with Gasteiger partial charge in [0.15, 0.2) is 0 Å². The Morgan fingerprint density at radius 1 is 1.14 bits per heavy atom. The minimum atomic E-state index is -0.374. The Bertz CT molecular complexity index is 1140. The monoisotopic (exact) mass is 496 g/mol. The van der Waals surface area contributed by atoms with Crippen LogP contribution in [0.1, 0.15) is 33.3 Å². The third-order valence-electron chi connectivity index (χ3n) is 6.03. The first-order valence-electron chi connectivity index (χ1n) is 11.6. The van der Waals surface area contributed by atoms with E-state index in [0.717, 1.165) is 12.0 Å². The van der Waals surface area contributed by atoms with Gasteiger partial charge in [-0.1, -0.05) is 24.3 Å². The molecule has 35 heavy (non-hydrogen) atoms. The molecule has 0 radical (unpaired) electrons. The first-order valence-corrected chi connectivity index (χ1v) is 12.5. The number of fused-ring (bicyclic) bond motifs is 1. The molecule has 0 saturated heterocycles. The van der Waals surface area contributed by atoms with Crippen molar-refractivity contribution < 1.29 is 23.5 Å². The van der Waals surface area contributed by atoms with Crippen LogP contribution in [0.3, 0.4) is 0 Å². The SMILES string of the molecule is COCCCN(CC(=O)N1CCc2sccc2C1COc1cccc(F)c1)C(=O)c1ccccc1. The number of carbonyl (C=O) groups is 2. The van der Waals surface area contributed by atoms with Crippen molar-refractivity contribution in [3.63, 3.8) is 0 Å². The summed E-state index contributed by atoms with van der Waals surface area (Å²) in [4.78, 5) is 31.4. The molecule has 1 atom stereocenters. The summed E-state index contributed by atoms with van der Waals surface area (Å²) >= 11 is 1.66. The van der Waals surface area contributed by atoms with Gasteiger partial charge in [-0.3, -0.25) is 9.59 Å². The number of thiophene rings is 1. The molecule has 6 nitrogen and oxygen atoms in total. The van der Waals surface area contributed by atoms with Crippen molar-refractivity contribution in [2.75, 3.05) is 40.0 Å². The molecule has 0 fully saturated rings. The van der Waals surface area contributed by atoms with E-state index in [2.05, 4.69) is 0 Å². The lowest BCUT2D eigenvalue weighted by molar-refractivity contribution is -0.135. The maximum absolute atomic E-state index is 13.6. The van der Waals surface area contributed by atoms with Crippen LogP contribution in [-0.2, 0) is 16.0 Å². The predicted molar refractivity (Wildman–Crippen MR) is 133 cm³/mol. The lowest BCUT2D eigenvalue weighted by atomic mass is 10.0. The zero-order chi connectivity index (χ0) is 24.6. The van der Waals surface area contributed by atoms with Crippen molar-refractivity contribution in [3.05, 3.63) is 87.9 Å². The molecule has 0 aliphatic carbocycles. The summed E-state index contributed by atoms with van der Waals surface area (Å²) in [5.41, 5.74) is 1.59. The first-order chi connectivity index (χ1) is 17.1. The van der Waals surface area contributed by atoms with E-state index < -0.39 is 0 Å². The molecule has 2 heterocycles. The highest BCUT2D eigenvalue weighted by atomic mass is 32.1. The summed E-state index contributed by atoms with van der Waals surface area (Å²) in [6.45, 7) is 1.62. The molecule has 0 saturated carbocycles. The Labute approximate surface area is 208 Å². The molecule has 0 N–H and O–H groups in total. The molecule has 2 aromatic carbocycles. The number of nitrogens with zero attached hydrogens (tertiary/aromatic N) is 2. The Hall–Kier alpha value is -3.23. The largest absolute Gasteiger partial charge is 0.491 e. The third kappa shape index (κ3) is 6.26. The van der Waals surface area contributed by atoms with Crippen LogP contribution in [0.4, 0.5) is 4.39 Å². The molecular formula is C27H29FN2O4S. The van der Waals surface area contributed by atoms with E-state index in [1.54, 1.807) is 52.5 Å². The number of rotatable bonds is 10. The maximum Gasteiger partial charge on any atom is 0.254 e. The smallest absolute Gasteiger partial charge is 0.254 e. The molecule has 1 aromatic heterocycles. The second kappa shape index (κ2) is 12.0. The van der Waals surface area contributed by atoms with Gasteiger partial charge in [-0.05, 0) is 54.1 Å². The minimum absolute atomic E-state index is 0.0343. The van der Waals surface area contributed by atoms with Crippen LogP contribution in [0.5, 0.6) is 5.75 Å². The molecule has 3 aromatic rings. The summed E-state index contributed by atoms with van der Waals surface area (Å²) in [7, 11) is 1.61. The van der Waals surface area contributed by atoms with Gasteiger partial charge in [0.25, 0.3) is 5.91 Å². The quantitative estimate of drug-likeness (QED) is 0.386. The predicted octanol–water partition coefficient (Wildman–Crippen LogP) is 4.57. The van der Waals surface area contributed by atoms with E-state index >= 15 is 0 Å². The normalized spacial score (nSPS) is 14.9. The van der Waals surface area contributed by atoms with Crippen LogP contribution in [-0.4, -0.2) is 61.6 Å². The van der Waals surface area contributed by atoms with Gasteiger partial charge in [0, 0.05) is 43.3 Å². The Balaban J connectivity index is 1.51. The van der Waals surface area contributed by atoms with Crippen LogP contribution in [0.2, 0.25) is 0 Å². The molecule has 1 unspecified atom stereocenters. The fourth-order valence-corrected chi connectivity index (χ4v) is 5.20. The summed E-state index contributed by atoms with van der Waals surface area (Å²) in [6.07, 6.45) is 1.38. The number of hydrogen-bond donors (Lipinski definition) is 0. The standard InChI is InChI=1S/C27H29FN2O4S/c1-33-15-6-13-29(27(32)20-7-3-2-4-8-20)18-26(31)30-14-11-25-23(12-16-35-25)24(30)19-34-22-10-5-9-21(28)17-22/h2-5,7-10,12,16-17,24H,6,11,13-15,18-19H2,1H3. The van der Waals surface area contributed by atoms with E-state index in [1.165, 1.54) is 17.0 Å². The van der Waals surface area contributed by atoms with E-state index in [-0.39, 0.29) is 36.8 Å². The third-order valence-corrected chi connectivity index (χ3v) is 7.03. The van der Waals surface area contributed by atoms with Gasteiger partial charge in [0.05, 0.1) is 6.04 Å². The van der Waals surface area contributed by atoms with Gasteiger partial charge in [-0.25, -0.2) is 4.39 Å². The molecular weight excluding hydrogens is 467 g/mol. The second-order valence-electron chi connectivity index (χ2n) is 8.36. The van der Waals surface area contributed by atoms with Crippen LogP contribution >= 0.6 is 11.3 Å². The lowest BCUT2D eigenvalue weighted by Gasteiger charge is -2.37. The number of amides is 2. The number of benzene rings is 2. The Morgan fingerprint density at radius 3 is 2.74 bits per heavy atom. The van der Waals surface area contributed by atoms with Gasteiger partial charge in [-0.15, -0.1) is 11.3 Å².